The first-order valence-electron chi connectivity index (χ1n) is 24.2. The highest BCUT2D eigenvalue weighted by molar-refractivity contribution is 7.80. The van der Waals surface area contributed by atoms with Gasteiger partial charge in [-0.05, 0) is 189 Å². The van der Waals surface area contributed by atoms with E-state index in [2.05, 4.69) is 98.7 Å². The van der Waals surface area contributed by atoms with Gasteiger partial charge in [-0.15, -0.1) is 0 Å². The first-order chi connectivity index (χ1) is 26.9. The Morgan fingerprint density at radius 2 is 0.418 bits per heavy atom. The van der Waals surface area contributed by atoms with Crippen molar-refractivity contribution in [1.82, 2.24) is 0 Å². The van der Waals surface area contributed by atoms with E-state index < -0.39 is 7.92 Å². The van der Waals surface area contributed by atoms with Crippen molar-refractivity contribution in [3.05, 3.63) is 86.5 Å². The Bertz CT molecular complexity index is 1230. The van der Waals surface area contributed by atoms with Crippen LogP contribution in [-0.2, 0) is 57.8 Å². The molecule has 1 heteroatoms. The summed E-state index contributed by atoms with van der Waals surface area (Å²) in [5.41, 5.74) is 15.1. The van der Waals surface area contributed by atoms with E-state index >= 15 is 0 Å². The highest BCUT2D eigenvalue weighted by Crippen LogP contribution is 2.44. The van der Waals surface area contributed by atoms with E-state index in [1.54, 1.807) is 66.0 Å². The lowest BCUT2D eigenvalue weighted by atomic mass is 9.95. The average Bonchev–Trinajstić information content (AvgIpc) is 3.20. The van der Waals surface area contributed by atoms with Crippen molar-refractivity contribution in [2.24, 2.45) is 0 Å². The summed E-state index contributed by atoms with van der Waals surface area (Å²) in [5, 5.41) is 5.39. The fourth-order valence-electron chi connectivity index (χ4n) is 8.62. The van der Waals surface area contributed by atoms with Gasteiger partial charge in [0.05, 0.1) is 0 Å². The smallest absolute Gasteiger partial charge is 0.00865 e. The van der Waals surface area contributed by atoms with E-state index in [1.807, 2.05) is 0 Å². The molecule has 0 heterocycles. The van der Waals surface area contributed by atoms with Crippen LogP contribution in [0.25, 0.3) is 0 Å². The van der Waals surface area contributed by atoms with Gasteiger partial charge in [0.2, 0.25) is 0 Å². The lowest BCUT2D eigenvalue weighted by Crippen LogP contribution is -2.34. The van der Waals surface area contributed by atoms with Gasteiger partial charge in [-0.1, -0.05) is 156 Å². The molecule has 0 radical (unpaired) electrons. The molecule has 3 rings (SSSR count). The van der Waals surface area contributed by atoms with Crippen molar-refractivity contribution in [2.75, 3.05) is 0 Å². The largest absolute Gasteiger partial charge is 0.0654 e. The molecular weight excluding hydrogens is 680 g/mol. The molecule has 0 amide bonds. The van der Waals surface area contributed by atoms with Crippen LogP contribution in [0.4, 0.5) is 0 Å². The molecule has 308 valence electrons. The topological polar surface area (TPSA) is 0 Å². The van der Waals surface area contributed by atoms with Crippen LogP contribution in [0.1, 0.15) is 228 Å². The molecule has 0 nitrogen and oxygen atoms in total. The van der Waals surface area contributed by atoms with Gasteiger partial charge in [0.25, 0.3) is 0 Å². The number of unbranched alkanes of at least 4 members (excludes halogenated alkanes) is 9. The van der Waals surface area contributed by atoms with Gasteiger partial charge in [0, 0.05) is 0 Å². The third kappa shape index (κ3) is 14.8. The van der Waals surface area contributed by atoms with Gasteiger partial charge >= 0.3 is 0 Å². The van der Waals surface area contributed by atoms with Crippen LogP contribution in [0.15, 0.2) is 36.4 Å². The van der Waals surface area contributed by atoms with E-state index in [0.29, 0.717) is 0 Å². The SMILES string of the molecule is CCCCc1cc(CCCC)c(P(c2c(CCCC)cc(CCCC)cc2CCCC)c2c(CCCC)cc(CCCC)cc2CCCC)c(CCCC)c1. The quantitative estimate of drug-likeness (QED) is 0.0593. The maximum Gasteiger partial charge on any atom is -0.00865 e. The van der Waals surface area contributed by atoms with E-state index in [0.717, 1.165) is 0 Å². The van der Waals surface area contributed by atoms with Gasteiger partial charge in [-0.2, -0.15) is 0 Å². The van der Waals surface area contributed by atoms with E-state index in [1.165, 1.54) is 173 Å². The molecule has 0 atom stereocenters. The minimum Gasteiger partial charge on any atom is -0.0654 e. The summed E-state index contributed by atoms with van der Waals surface area (Å²) in [5.74, 6) is 0. The Kier molecular flexibility index (Phi) is 23.9. The Hall–Kier alpha value is -1.91. The fourth-order valence-corrected chi connectivity index (χ4v) is 12.1. The Morgan fingerprint density at radius 3 is 0.582 bits per heavy atom. The monoisotopic (exact) mass is 767 g/mol. The van der Waals surface area contributed by atoms with Crippen LogP contribution in [0.3, 0.4) is 0 Å². The van der Waals surface area contributed by atoms with Gasteiger partial charge in [-0.25, -0.2) is 0 Å². The number of aryl methyl sites for hydroxylation is 9. The van der Waals surface area contributed by atoms with Crippen molar-refractivity contribution in [1.29, 1.82) is 0 Å². The van der Waals surface area contributed by atoms with E-state index in [-0.39, 0.29) is 0 Å². The molecule has 0 unspecified atom stereocenters. The molecule has 0 aliphatic carbocycles. The van der Waals surface area contributed by atoms with Crippen LogP contribution >= 0.6 is 7.92 Å². The number of hydrogen-bond donors (Lipinski definition) is 0. The summed E-state index contributed by atoms with van der Waals surface area (Å²) >= 11 is 0. The van der Waals surface area contributed by atoms with Crippen molar-refractivity contribution >= 4 is 23.8 Å². The molecule has 0 aliphatic rings. The molecule has 0 fully saturated rings. The van der Waals surface area contributed by atoms with Crippen LogP contribution in [-0.4, -0.2) is 0 Å². The average molecular weight is 767 g/mol. The summed E-state index contributed by atoms with van der Waals surface area (Å²) in [6.45, 7) is 21.5. The van der Waals surface area contributed by atoms with Gasteiger partial charge in [0.1, 0.15) is 0 Å². The third-order valence-corrected chi connectivity index (χ3v) is 15.0. The zero-order valence-corrected chi connectivity index (χ0v) is 38.9. The maximum atomic E-state index is 2.74. The molecule has 0 bridgehead atoms. The Morgan fingerprint density at radius 1 is 0.255 bits per heavy atom. The highest BCUT2D eigenvalue weighted by atomic mass is 31.1. The van der Waals surface area contributed by atoms with Crippen LogP contribution in [0.2, 0.25) is 0 Å². The van der Waals surface area contributed by atoms with Crippen LogP contribution < -0.4 is 15.9 Å². The second-order valence-electron chi connectivity index (χ2n) is 17.1. The normalized spacial score (nSPS) is 11.7. The first-order valence-corrected chi connectivity index (χ1v) is 25.5. The molecule has 3 aromatic rings. The van der Waals surface area contributed by atoms with Crippen molar-refractivity contribution in [3.63, 3.8) is 0 Å². The summed E-state index contributed by atoms with van der Waals surface area (Å²) in [6, 6.07) is 16.4. The predicted octanol–water partition coefficient (Wildman–Crippen LogP) is 15.5. The first kappa shape index (κ1) is 47.5. The summed E-state index contributed by atoms with van der Waals surface area (Å²) < 4.78 is 0. The predicted molar refractivity (Wildman–Crippen MR) is 253 cm³/mol. The second-order valence-corrected chi connectivity index (χ2v) is 19.1. The standard InChI is InChI=1S/C54H87P/c1-10-19-28-43-37-46(31-22-13-4)52(47(38-43)32-23-14-5)55(53-48(33-24-15-6)39-44(29-20-11-2)40-49(53)34-25-16-7)54-50(35-26-17-8)41-45(30-21-12-3)42-51(54)36-27-18-9/h37-42H,10-36H2,1-9H3. The molecule has 55 heavy (non-hydrogen) atoms. The zero-order valence-electron chi connectivity index (χ0n) is 38.0. The molecule has 0 saturated heterocycles. The molecule has 3 aromatic carbocycles. The zero-order chi connectivity index (χ0) is 39.8. The maximum absolute atomic E-state index is 2.74. The van der Waals surface area contributed by atoms with E-state index in [4.69, 9.17) is 0 Å². The number of rotatable bonds is 30. The van der Waals surface area contributed by atoms with Crippen molar-refractivity contribution in [3.8, 4) is 0 Å². The molecular formula is C54H87P. The fraction of sp³-hybridized carbons (Fsp3) is 0.667. The van der Waals surface area contributed by atoms with E-state index in [9.17, 15) is 0 Å². The molecule has 0 aromatic heterocycles. The lowest BCUT2D eigenvalue weighted by Gasteiger charge is -2.34. The van der Waals surface area contributed by atoms with Crippen LogP contribution in [0, 0.1) is 0 Å². The minimum absolute atomic E-state index is 0.746. The van der Waals surface area contributed by atoms with Gasteiger partial charge in [0.15, 0.2) is 0 Å². The Balaban J connectivity index is 2.69. The summed E-state index contributed by atoms with van der Waals surface area (Å²) in [7, 11) is -0.746. The third-order valence-electron chi connectivity index (χ3n) is 11.9. The van der Waals surface area contributed by atoms with Crippen molar-refractivity contribution in [2.45, 2.75) is 236 Å². The molecule has 0 saturated carbocycles. The number of hydrogen-bond acceptors (Lipinski definition) is 0. The van der Waals surface area contributed by atoms with Gasteiger partial charge in [-0.3, -0.25) is 0 Å². The lowest BCUT2D eigenvalue weighted by molar-refractivity contribution is 0.768. The Labute approximate surface area is 344 Å². The second kappa shape index (κ2) is 27.7. The molecule has 0 spiro atoms. The van der Waals surface area contributed by atoms with Crippen molar-refractivity contribution < 1.29 is 0 Å². The highest BCUT2D eigenvalue weighted by Gasteiger charge is 2.31. The van der Waals surface area contributed by atoms with Crippen LogP contribution in [0.5, 0.6) is 0 Å². The van der Waals surface area contributed by atoms with Gasteiger partial charge < -0.3 is 0 Å². The summed E-state index contributed by atoms with van der Waals surface area (Å²) in [6.07, 6.45) is 33.9. The minimum atomic E-state index is -0.746. The summed E-state index contributed by atoms with van der Waals surface area (Å²) in [4.78, 5) is 0. The number of benzene rings is 3. The molecule has 0 N–H and O–H groups in total. The molecule has 0 aliphatic heterocycles.